The highest BCUT2D eigenvalue weighted by molar-refractivity contribution is 5.87. The summed E-state index contributed by atoms with van der Waals surface area (Å²) in [5, 5.41) is 8.61. The number of hydrogen-bond acceptors (Lipinski definition) is 3. The summed E-state index contributed by atoms with van der Waals surface area (Å²) in [6.07, 6.45) is 2.43. The van der Waals surface area contributed by atoms with Crippen LogP contribution in [0.15, 0.2) is 25.3 Å². The Kier molecular flexibility index (Phi) is 7.71. The normalized spacial score (nSPS) is 10.1. The van der Waals surface area contributed by atoms with E-state index in [4.69, 9.17) is 0 Å². The Balaban J connectivity index is 4.12. The number of nitrogens with one attached hydrogen (secondary N) is 3. The smallest absolute Gasteiger partial charge is 0.243 e. The Hall–Kier alpha value is -1.62. The predicted octanol–water partition coefficient (Wildman–Crippen LogP) is -0.0426. The molecule has 0 spiro atoms. The van der Waals surface area contributed by atoms with Gasteiger partial charge in [-0.1, -0.05) is 27.0 Å². The molecule has 0 fully saturated rings. The number of hydrogen-bond donors (Lipinski definition) is 3. The number of carbonyl (C=O) groups excluding carboxylic acids is 2. The maximum absolute atomic E-state index is 11.0. The lowest BCUT2D eigenvalue weighted by Gasteiger charge is -2.21. The lowest BCUT2D eigenvalue weighted by Crippen LogP contribution is -2.49. The molecule has 0 unspecified atom stereocenters. The fourth-order valence-electron chi connectivity index (χ4n) is 1.25. The van der Waals surface area contributed by atoms with Gasteiger partial charge in [0.1, 0.15) is 0 Å². The third-order valence-electron chi connectivity index (χ3n) is 1.99. The molecule has 3 N–H and O–H groups in total. The van der Waals surface area contributed by atoms with Gasteiger partial charge >= 0.3 is 0 Å². The van der Waals surface area contributed by atoms with Crippen molar-refractivity contribution in [2.24, 2.45) is 0 Å². The van der Waals surface area contributed by atoms with Crippen LogP contribution in [-0.2, 0) is 9.59 Å². The molecule has 0 aliphatic rings. The zero-order valence-corrected chi connectivity index (χ0v) is 10.5. The zero-order chi connectivity index (χ0) is 13.3. The molecule has 0 aromatic carbocycles. The maximum atomic E-state index is 11.0. The molecule has 5 nitrogen and oxygen atoms in total. The molecule has 0 bridgehead atoms. The summed E-state index contributed by atoms with van der Waals surface area (Å²) in [5.41, 5.74) is 0. The Labute approximate surface area is 102 Å². The van der Waals surface area contributed by atoms with Crippen LogP contribution in [0.25, 0.3) is 0 Å². The Morgan fingerprint density at radius 1 is 1.06 bits per heavy atom. The van der Waals surface area contributed by atoms with Crippen molar-refractivity contribution in [3.63, 3.8) is 0 Å². The lowest BCUT2D eigenvalue weighted by atomic mass is 10.2. The first kappa shape index (κ1) is 15.4. The first-order valence-electron chi connectivity index (χ1n) is 5.56. The standard InChI is InChI=1S/C12H21N3O2/c1-5-11(16)13-7-10(15-9(3)4)8-14-12(17)6-2/h5-6,9-10,15H,1-2,7-8H2,3-4H3,(H,13,16)(H,14,17). The van der Waals surface area contributed by atoms with E-state index in [1.54, 1.807) is 0 Å². The van der Waals surface area contributed by atoms with E-state index < -0.39 is 0 Å². The summed E-state index contributed by atoms with van der Waals surface area (Å²) >= 11 is 0. The minimum Gasteiger partial charge on any atom is -0.351 e. The van der Waals surface area contributed by atoms with E-state index in [1.807, 2.05) is 13.8 Å². The molecule has 0 aliphatic heterocycles. The minimum atomic E-state index is -0.226. The van der Waals surface area contributed by atoms with Crippen molar-refractivity contribution in [3.8, 4) is 0 Å². The van der Waals surface area contributed by atoms with E-state index in [0.29, 0.717) is 13.1 Å². The first-order valence-corrected chi connectivity index (χ1v) is 5.56. The van der Waals surface area contributed by atoms with Crippen LogP contribution in [0.4, 0.5) is 0 Å². The van der Waals surface area contributed by atoms with Crippen LogP contribution in [0.3, 0.4) is 0 Å². The van der Waals surface area contributed by atoms with Crippen LogP contribution in [-0.4, -0.2) is 37.0 Å². The van der Waals surface area contributed by atoms with Crippen molar-refractivity contribution >= 4 is 11.8 Å². The second-order valence-corrected chi connectivity index (χ2v) is 3.92. The summed E-state index contributed by atoms with van der Waals surface area (Å²) in [6, 6.07) is 0.240. The number of amides is 2. The van der Waals surface area contributed by atoms with E-state index >= 15 is 0 Å². The largest absolute Gasteiger partial charge is 0.351 e. The third kappa shape index (κ3) is 8.21. The van der Waals surface area contributed by atoms with Crippen LogP contribution in [0.2, 0.25) is 0 Å². The highest BCUT2D eigenvalue weighted by atomic mass is 16.2. The van der Waals surface area contributed by atoms with E-state index in [-0.39, 0.29) is 23.9 Å². The molecule has 0 radical (unpaired) electrons. The molecule has 0 aromatic rings. The quantitative estimate of drug-likeness (QED) is 0.520. The Morgan fingerprint density at radius 3 is 1.76 bits per heavy atom. The SMILES string of the molecule is C=CC(=O)NCC(CNC(=O)C=C)NC(C)C. The Morgan fingerprint density at radius 2 is 1.47 bits per heavy atom. The van der Waals surface area contributed by atoms with Gasteiger partial charge in [-0.3, -0.25) is 9.59 Å². The molecule has 96 valence electrons. The van der Waals surface area contributed by atoms with Gasteiger partial charge in [0.15, 0.2) is 0 Å². The van der Waals surface area contributed by atoms with Gasteiger partial charge in [0.2, 0.25) is 11.8 Å². The monoisotopic (exact) mass is 239 g/mol. The second kappa shape index (κ2) is 8.52. The molecule has 0 atom stereocenters. The van der Waals surface area contributed by atoms with Gasteiger partial charge in [-0.2, -0.15) is 0 Å². The molecule has 0 rings (SSSR count). The summed E-state index contributed by atoms with van der Waals surface area (Å²) in [5.74, 6) is -0.453. The highest BCUT2D eigenvalue weighted by Gasteiger charge is 2.11. The summed E-state index contributed by atoms with van der Waals surface area (Å²) in [6.45, 7) is 11.6. The van der Waals surface area contributed by atoms with Crippen LogP contribution in [0.1, 0.15) is 13.8 Å². The van der Waals surface area contributed by atoms with Crippen LogP contribution >= 0.6 is 0 Å². The summed E-state index contributed by atoms with van der Waals surface area (Å²) < 4.78 is 0. The van der Waals surface area contributed by atoms with Crippen molar-refractivity contribution in [2.75, 3.05) is 13.1 Å². The average molecular weight is 239 g/mol. The average Bonchev–Trinajstić information content (AvgIpc) is 2.30. The number of carbonyl (C=O) groups is 2. The van der Waals surface area contributed by atoms with Crippen LogP contribution < -0.4 is 16.0 Å². The van der Waals surface area contributed by atoms with Crippen molar-refractivity contribution in [2.45, 2.75) is 25.9 Å². The fraction of sp³-hybridized carbons (Fsp3) is 0.500. The zero-order valence-electron chi connectivity index (χ0n) is 10.5. The van der Waals surface area contributed by atoms with Crippen molar-refractivity contribution < 1.29 is 9.59 Å². The van der Waals surface area contributed by atoms with Gasteiger partial charge in [-0.25, -0.2) is 0 Å². The summed E-state index contributed by atoms with van der Waals surface area (Å²) in [4.78, 5) is 22.1. The van der Waals surface area contributed by atoms with Gasteiger partial charge in [0.25, 0.3) is 0 Å². The van der Waals surface area contributed by atoms with Gasteiger partial charge in [-0.05, 0) is 12.2 Å². The molecule has 2 amide bonds. The maximum Gasteiger partial charge on any atom is 0.243 e. The van der Waals surface area contributed by atoms with Crippen molar-refractivity contribution in [3.05, 3.63) is 25.3 Å². The van der Waals surface area contributed by atoms with E-state index in [2.05, 4.69) is 29.1 Å². The predicted molar refractivity (Wildman–Crippen MR) is 68.5 cm³/mol. The molecule has 0 aliphatic carbocycles. The fourth-order valence-corrected chi connectivity index (χ4v) is 1.25. The Bertz CT molecular complexity index is 263. The molecular formula is C12H21N3O2. The molecule has 0 saturated heterocycles. The lowest BCUT2D eigenvalue weighted by molar-refractivity contribution is -0.116. The first-order chi connectivity index (χ1) is 7.99. The van der Waals surface area contributed by atoms with Gasteiger partial charge < -0.3 is 16.0 Å². The van der Waals surface area contributed by atoms with Crippen molar-refractivity contribution in [1.29, 1.82) is 0 Å². The van der Waals surface area contributed by atoms with Crippen molar-refractivity contribution in [1.82, 2.24) is 16.0 Å². The highest BCUT2D eigenvalue weighted by Crippen LogP contribution is 1.86. The van der Waals surface area contributed by atoms with Crippen LogP contribution in [0.5, 0.6) is 0 Å². The van der Waals surface area contributed by atoms with E-state index in [1.165, 1.54) is 12.2 Å². The second-order valence-electron chi connectivity index (χ2n) is 3.92. The van der Waals surface area contributed by atoms with Gasteiger partial charge in [0.05, 0.1) is 0 Å². The molecule has 17 heavy (non-hydrogen) atoms. The van der Waals surface area contributed by atoms with Gasteiger partial charge in [-0.15, -0.1) is 0 Å². The van der Waals surface area contributed by atoms with Crippen LogP contribution in [0, 0.1) is 0 Å². The van der Waals surface area contributed by atoms with E-state index in [9.17, 15) is 9.59 Å². The minimum absolute atomic E-state index is 0.0252. The summed E-state index contributed by atoms with van der Waals surface area (Å²) in [7, 11) is 0. The molecular weight excluding hydrogens is 218 g/mol. The van der Waals surface area contributed by atoms with E-state index in [0.717, 1.165) is 0 Å². The molecule has 0 saturated carbocycles. The topological polar surface area (TPSA) is 70.2 Å². The number of rotatable bonds is 8. The molecule has 0 heterocycles. The third-order valence-corrected chi connectivity index (χ3v) is 1.99. The molecule has 5 heteroatoms. The van der Waals surface area contributed by atoms with Gasteiger partial charge in [0, 0.05) is 25.2 Å². The molecule has 0 aromatic heterocycles.